The van der Waals surface area contributed by atoms with Gasteiger partial charge in [-0.25, -0.2) is 4.39 Å². The molecule has 1 aromatic carbocycles. The fourth-order valence-corrected chi connectivity index (χ4v) is 2.97. The third-order valence-electron chi connectivity index (χ3n) is 2.94. The van der Waals surface area contributed by atoms with Crippen molar-refractivity contribution in [3.63, 3.8) is 0 Å². The average molecular weight is 271 g/mol. The van der Waals surface area contributed by atoms with Crippen LogP contribution in [-0.4, -0.2) is 34.9 Å². The topological polar surface area (TPSA) is 38.3 Å². The molecule has 3 unspecified atom stereocenters. The van der Waals surface area contributed by atoms with Gasteiger partial charge < -0.3 is 10.1 Å². The van der Waals surface area contributed by atoms with Crippen molar-refractivity contribution >= 4 is 10.8 Å². The Hall–Kier alpha value is -0.940. The first-order chi connectivity index (χ1) is 8.54. The molecule has 0 aliphatic carbocycles. The summed E-state index contributed by atoms with van der Waals surface area (Å²) in [6.45, 7) is 2.69. The zero-order valence-corrected chi connectivity index (χ0v) is 11.4. The molecule has 1 N–H and O–H groups in total. The fourth-order valence-electron chi connectivity index (χ4n) is 2.15. The number of hydrogen-bond acceptors (Lipinski definition) is 3. The van der Waals surface area contributed by atoms with Crippen molar-refractivity contribution < 1.29 is 13.3 Å². The lowest BCUT2D eigenvalue weighted by molar-refractivity contribution is 0.224. The highest BCUT2D eigenvalue weighted by Crippen LogP contribution is 2.28. The lowest BCUT2D eigenvalue weighted by Gasteiger charge is -2.16. The Labute approximate surface area is 109 Å². The van der Waals surface area contributed by atoms with Crippen molar-refractivity contribution in [2.75, 3.05) is 18.6 Å². The van der Waals surface area contributed by atoms with Crippen LogP contribution in [0.25, 0.3) is 0 Å². The van der Waals surface area contributed by atoms with E-state index in [4.69, 9.17) is 4.74 Å². The monoisotopic (exact) mass is 271 g/mol. The van der Waals surface area contributed by atoms with Gasteiger partial charge >= 0.3 is 0 Å². The molecule has 0 spiro atoms. The number of hydrogen-bond donors (Lipinski definition) is 1. The molecule has 3 atom stereocenters. The van der Waals surface area contributed by atoms with Crippen molar-refractivity contribution in [1.82, 2.24) is 5.32 Å². The van der Waals surface area contributed by atoms with Crippen LogP contribution in [0.1, 0.15) is 12.5 Å². The molecular weight excluding hydrogens is 253 g/mol. The predicted molar refractivity (Wildman–Crippen MR) is 70.9 cm³/mol. The molecule has 1 aromatic rings. The molecule has 1 aliphatic heterocycles. The second kappa shape index (κ2) is 5.80. The van der Waals surface area contributed by atoms with Gasteiger partial charge in [-0.15, -0.1) is 0 Å². The maximum Gasteiger partial charge on any atom is 0.123 e. The summed E-state index contributed by atoms with van der Waals surface area (Å²) in [6.07, 6.45) is 2.46. The number of nitrogens with one attached hydrogen (secondary N) is 1. The Bertz CT molecular complexity index is 453. The van der Waals surface area contributed by atoms with E-state index in [-0.39, 0.29) is 18.0 Å². The molecule has 0 aromatic heterocycles. The molecule has 0 radical (unpaired) electrons. The quantitative estimate of drug-likeness (QED) is 0.881. The van der Waals surface area contributed by atoms with E-state index >= 15 is 0 Å². The fraction of sp³-hybridized carbons (Fsp3) is 0.538. The SMILES string of the molecule is CC(CS(C)=O)NCC1Cc2cc(F)ccc2O1. The van der Waals surface area contributed by atoms with Gasteiger partial charge in [0.25, 0.3) is 0 Å². The summed E-state index contributed by atoms with van der Waals surface area (Å²) in [6, 6.07) is 4.81. The van der Waals surface area contributed by atoms with E-state index in [2.05, 4.69) is 5.32 Å². The molecule has 3 nitrogen and oxygen atoms in total. The Morgan fingerprint density at radius 2 is 2.39 bits per heavy atom. The smallest absolute Gasteiger partial charge is 0.123 e. The van der Waals surface area contributed by atoms with E-state index in [0.29, 0.717) is 12.3 Å². The van der Waals surface area contributed by atoms with Gasteiger partial charge in [-0.2, -0.15) is 0 Å². The average Bonchev–Trinajstić information content (AvgIpc) is 2.67. The number of benzene rings is 1. The zero-order chi connectivity index (χ0) is 13.1. The van der Waals surface area contributed by atoms with Crippen molar-refractivity contribution in [3.8, 4) is 5.75 Å². The lowest BCUT2D eigenvalue weighted by Crippen LogP contribution is -2.38. The third-order valence-corrected chi connectivity index (χ3v) is 3.91. The summed E-state index contributed by atoms with van der Waals surface area (Å²) in [5, 5.41) is 3.29. The second-order valence-electron chi connectivity index (χ2n) is 4.75. The van der Waals surface area contributed by atoms with E-state index in [1.54, 1.807) is 12.3 Å². The molecule has 0 amide bonds. The standard InChI is InChI=1S/C13H18FNO2S/c1-9(8-18(2)16)15-7-12-6-10-5-11(14)3-4-13(10)17-12/h3-5,9,12,15H,6-8H2,1-2H3. The van der Waals surface area contributed by atoms with Gasteiger partial charge in [0.1, 0.15) is 17.7 Å². The van der Waals surface area contributed by atoms with Crippen LogP contribution >= 0.6 is 0 Å². The molecule has 18 heavy (non-hydrogen) atoms. The maximum absolute atomic E-state index is 13.0. The van der Waals surface area contributed by atoms with Crippen molar-refractivity contribution in [2.24, 2.45) is 0 Å². The zero-order valence-electron chi connectivity index (χ0n) is 10.6. The Morgan fingerprint density at radius 1 is 1.61 bits per heavy atom. The van der Waals surface area contributed by atoms with E-state index in [9.17, 15) is 8.60 Å². The third kappa shape index (κ3) is 3.53. The van der Waals surface area contributed by atoms with Gasteiger partial charge in [-0.3, -0.25) is 4.21 Å². The minimum atomic E-state index is -0.795. The van der Waals surface area contributed by atoms with Gasteiger partial charge in [0, 0.05) is 47.4 Å². The van der Waals surface area contributed by atoms with E-state index in [1.165, 1.54) is 12.1 Å². The normalized spacial score (nSPS) is 21.2. The van der Waals surface area contributed by atoms with Gasteiger partial charge in [-0.1, -0.05) is 0 Å². The van der Waals surface area contributed by atoms with Crippen LogP contribution in [0.3, 0.4) is 0 Å². The predicted octanol–water partition coefficient (Wildman–Crippen LogP) is 1.49. The molecular formula is C13H18FNO2S. The lowest BCUT2D eigenvalue weighted by atomic mass is 10.1. The Kier molecular flexibility index (Phi) is 4.35. The van der Waals surface area contributed by atoms with E-state index in [0.717, 1.165) is 17.7 Å². The van der Waals surface area contributed by atoms with Gasteiger partial charge in [0.05, 0.1) is 0 Å². The van der Waals surface area contributed by atoms with E-state index in [1.807, 2.05) is 6.92 Å². The molecule has 100 valence electrons. The van der Waals surface area contributed by atoms with E-state index < -0.39 is 10.8 Å². The number of rotatable bonds is 5. The van der Waals surface area contributed by atoms with Crippen LogP contribution in [0.4, 0.5) is 4.39 Å². The molecule has 1 heterocycles. The summed E-state index contributed by atoms with van der Waals surface area (Å²) >= 11 is 0. The summed E-state index contributed by atoms with van der Waals surface area (Å²) in [5.41, 5.74) is 0.925. The highest BCUT2D eigenvalue weighted by atomic mass is 32.2. The summed E-state index contributed by atoms with van der Waals surface area (Å²) in [5.74, 6) is 1.18. The number of ether oxygens (including phenoxy) is 1. The van der Waals surface area contributed by atoms with Crippen LogP contribution in [-0.2, 0) is 17.2 Å². The van der Waals surface area contributed by atoms with Crippen LogP contribution in [0.2, 0.25) is 0 Å². The molecule has 1 aliphatic rings. The first-order valence-corrected chi connectivity index (χ1v) is 7.76. The highest BCUT2D eigenvalue weighted by molar-refractivity contribution is 7.84. The van der Waals surface area contributed by atoms with Crippen LogP contribution < -0.4 is 10.1 Å². The summed E-state index contributed by atoms with van der Waals surface area (Å²) in [4.78, 5) is 0. The highest BCUT2D eigenvalue weighted by Gasteiger charge is 2.23. The number of fused-ring (bicyclic) bond motifs is 1. The maximum atomic E-state index is 13.0. The minimum absolute atomic E-state index is 0.0366. The molecule has 0 fully saturated rings. The molecule has 0 bridgehead atoms. The van der Waals surface area contributed by atoms with Gasteiger partial charge in [-0.05, 0) is 25.1 Å². The summed E-state index contributed by atoms with van der Waals surface area (Å²) in [7, 11) is -0.795. The van der Waals surface area contributed by atoms with Crippen LogP contribution in [0.15, 0.2) is 18.2 Å². The van der Waals surface area contributed by atoms with Crippen molar-refractivity contribution in [3.05, 3.63) is 29.6 Å². The second-order valence-corrected chi connectivity index (χ2v) is 6.22. The summed E-state index contributed by atoms with van der Waals surface area (Å²) < 4.78 is 29.8. The van der Waals surface area contributed by atoms with Gasteiger partial charge in [0.2, 0.25) is 0 Å². The first-order valence-electron chi connectivity index (χ1n) is 6.03. The molecule has 2 rings (SSSR count). The van der Waals surface area contributed by atoms with Crippen molar-refractivity contribution in [2.45, 2.75) is 25.5 Å². The number of halogens is 1. The van der Waals surface area contributed by atoms with Crippen LogP contribution in [0.5, 0.6) is 5.75 Å². The van der Waals surface area contributed by atoms with Crippen molar-refractivity contribution in [1.29, 1.82) is 0 Å². The van der Waals surface area contributed by atoms with Gasteiger partial charge in [0.15, 0.2) is 0 Å². The van der Waals surface area contributed by atoms with Crippen LogP contribution in [0, 0.1) is 5.82 Å². The Morgan fingerprint density at radius 3 is 3.11 bits per heavy atom. The molecule has 5 heteroatoms. The first kappa shape index (κ1) is 13.5. The molecule has 0 saturated carbocycles. The Balaban J connectivity index is 1.83. The molecule has 0 saturated heterocycles. The largest absolute Gasteiger partial charge is 0.488 e. The minimum Gasteiger partial charge on any atom is -0.488 e.